The minimum Gasteiger partial charge on any atom is -0.350 e. The quantitative estimate of drug-likeness (QED) is 0.937. The predicted molar refractivity (Wildman–Crippen MR) is 78.3 cm³/mol. The highest BCUT2D eigenvalue weighted by Gasteiger charge is 2.13. The molecule has 0 unspecified atom stereocenters. The van der Waals surface area contributed by atoms with Gasteiger partial charge >= 0.3 is 0 Å². The van der Waals surface area contributed by atoms with Crippen molar-refractivity contribution in [3.8, 4) is 0 Å². The Hall–Kier alpha value is -1.69. The first-order valence-corrected chi connectivity index (χ1v) is 6.81. The molecule has 0 spiro atoms. The lowest BCUT2D eigenvalue weighted by Gasteiger charge is -2.22. The van der Waals surface area contributed by atoms with Gasteiger partial charge in [0.1, 0.15) is 4.47 Å². The molecule has 19 heavy (non-hydrogen) atoms. The van der Waals surface area contributed by atoms with Gasteiger partial charge in [-0.2, -0.15) is 0 Å². The minimum atomic E-state index is -0.180. The van der Waals surface area contributed by atoms with Crippen molar-refractivity contribution in [1.29, 1.82) is 0 Å². The van der Waals surface area contributed by atoms with E-state index in [1.165, 1.54) is 6.33 Å². The Bertz CT molecular complexity index is 626. The van der Waals surface area contributed by atoms with Crippen LogP contribution in [0.5, 0.6) is 0 Å². The minimum absolute atomic E-state index is 0.180. The molecule has 0 bridgehead atoms. The zero-order chi connectivity index (χ0) is 13.8. The van der Waals surface area contributed by atoms with Crippen molar-refractivity contribution in [2.45, 2.75) is 20.4 Å². The summed E-state index contributed by atoms with van der Waals surface area (Å²) in [6, 6.07) is 5.91. The Morgan fingerprint density at radius 2 is 2.21 bits per heavy atom. The first-order chi connectivity index (χ1) is 9.11. The second-order valence-electron chi connectivity index (χ2n) is 4.15. The Morgan fingerprint density at radius 1 is 1.42 bits per heavy atom. The molecule has 0 saturated heterocycles. The Morgan fingerprint density at radius 3 is 2.89 bits per heavy atom. The number of aromatic amines is 1. The van der Waals surface area contributed by atoms with E-state index in [-0.39, 0.29) is 5.56 Å². The van der Waals surface area contributed by atoms with Crippen LogP contribution in [0.1, 0.15) is 18.3 Å². The number of halogens is 1. The monoisotopic (exact) mass is 322 g/mol. The van der Waals surface area contributed by atoms with Crippen LogP contribution in [-0.4, -0.2) is 21.5 Å². The van der Waals surface area contributed by atoms with E-state index >= 15 is 0 Å². The Kier molecular flexibility index (Phi) is 4.31. The van der Waals surface area contributed by atoms with Gasteiger partial charge in [-0.1, -0.05) is 6.07 Å². The number of anilines is 1. The number of hydrogen-bond acceptors (Lipinski definition) is 4. The van der Waals surface area contributed by atoms with Gasteiger partial charge in [0.25, 0.3) is 5.56 Å². The Labute approximate surface area is 119 Å². The van der Waals surface area contributed by atoms with E-state index in [1.54, 1.807) is 0 Å². The Balaban J connectivity index is 2.30. The third kappa shape index (κ3) is 3.20. The maximum absolute atomic E-state index is 11.6. The summed E-state index contributed by atoms with van der Waals surface area (Å²) >= 11 is 3.28. The number of pyridine rings is 1. The summed E-state index contributed by atoms with van der Waals surface area (Å²) in [5.41, 5.74) is 1.75. The van der Waals surface area contributed by atoms with Crippen LogP contribution in [0.15, 0.2) is 33.8 Å². The van der Waals surface area contributed by atoms with E-state index in [9.17, 15) is 4.79 Å². The standard InChI is InChI=1S/C13H15BrN4O/c1-3-18(7-10-6-4-5-9(2)17-10)12-11(14)13(19)16-8-15-12/h4-6,8H,3,7H2,1-2H3,(H,15,16,19). The lowest BCUT2D eigenvalue weighted by atomic mass is 10.3. The highest BCUT2D eigenvalue weighted by Crippen LogP contribution is 2.20. The second kappa shape index (κ2) is 5.97. The smallest absolute Gasteiger partial charge is 0.267 e. The highest BCUT2D eigenvalue weighted by atomic mass is 79.9. The molecule has 5 nitrogen and oxygen atoms in total. The van der Waals surface area contributed by atoms with Gasteiger partial charge < -0.3 is 9.88 Å². The van der Waals surface area contributed by atoms with Crippen LogP contribution in [0.2, 0.25) is 0 Å². The maximum atomic E-state index is 11.6. The molecular formula is C13H15BrN4O. The number of rotatable bonds is 4. The molecule has 0 atom stereocenters. The third-order valence-electron chi connectivity index (χ3n) is 2.76. The summed E-state index contributed by atoms with van der Waals surface area (Å²) in [7, 11) is 0. The number of nitrogens with one attached hydrogen (secondary N) is 1. The number of nitrogens with zero attached hydrogens (tertiary/aromatic N) is 3. The highest BCUT2D eigenvalue weighted by molar-refractivity contribution is 9.10. The van der Waals surface area contributed by atoms with Gasteiger partial charge in [0.15, 0.2) is 5.82 Å². The van der Waals surface area contributed by atoms with E-state index in [4.69, 9.17) is 0 Å². The maximum Gasteiger partial charge on any atom is 0.267 e. The molecule has 0 aromatic carbocycles. The van der Waals surface area contributed by atoms with Gasteiger partial charge in [0.2, 0.25) is 0 Å². The van der Waals surface area contributed by atoms with Crippen LogP contribution in [0.25, 0.3) is 0 Å². The molecule has 0 saturated carbocycles. The lowest BCUT2D eigenvalue weighted by Crippen LogP contribution is -2.26. The largest absolute Gasteiger partial charge is 0.350 e. The zero-order valence-electron chi connectivity index (χ0n) is 10.9. The van der Waals surface area contributed by atoms with Gasteiger partial charge in [-0.25, -0.2) is 4.98 Å². The van der Waals surface area contributed by atoms with Gasteiger partial charge in [-0.3, -0.25) is 9.78 Å². The van der Waals surface area contributed by atoms with Crippen LogP contribution < -0.4 is 10.5 Å². The molecule has 0 aliphatic heterocycles. The van der Waals surface area contributed by atoms with Crippen LogP contribution in [0.3, 0.4) is 0 Å². The van der Waals surface area contributed by atoms with Crippen LogP contribution >= 0.6 is 15.9 Å². The molecule has 0 amide bonds. The predicted octanol–water partition coefficient (Wildman–Crippen LogP) is 2.26. The molecule has 0 fully saturated rings. The summed E-state index contributed by atoms with van der Waals surface area (Å²) < 4.78 is 0.449. The van der Waals surface area contributed by atoms with Crippen molar-refractivity contribution in [3.63, 3.8) is 0 Å². The molecule has 1 N–H and O–H groups in total. The van der Waals surface area contributed by atoms with Crippen molar-refractivity contribution < 1.29 is 0 Å². The third-order valence-corrected chi connectivity index (χ3v) is 3.47. The molecule has 2 aromatic heterocycles. The van der Waals surface area contributed by atoms with Crippen molar-refractivity contribution in [3.05, 3.63) is 50.7 Å². The van der Waals surface area contributed by atoms with Crippen molar-refractivity contribution in [1.82, 2.24) is 15.0 Å². The fraction of sp³-hybridized carbons (Fsp3) is 0.308. The fourth-order valence-electron chi connectivity index (χ4n) is 1.81. The van der Waals surface area contributed by atoms with Crippen molar-refractivity contribution >= 4 is 21.7 Å². The van der Waals surface area contributed by atoms with E-state index < -0.39 is 0 Å². The van der Waals surface area contributed by atoms with Crippen molar-refractivity contribution in [2.24, 2.45) is 0 Å². The summed E-state index contributed by atoms with van der Waals surface area (Å²) in [5.74, 6) is 0.634. The topological polar surface area (TPSA) is 61.9 Å². The van der Waals surface area contributed by atoms with Crippen LogP contribution in [-0.2, 0) is 6.54 Å². The summed E-state index contributed by atoms with van der Waals surface area (Å²) in [5, 5.41) is 0. The molecule has 2 heterocycles. The molecule has 2 aromatic rings. The average Bonchev–Trinajstić information content (AvgIpc) is 2.40. The fourth-order valence-corrected chi connectivity index (χ4v) is 2.28. The molecular weight excluding hydrogens is 308 g/mol. The molecule has 0 radical (unpaired) electrons. The first kappa shape index (κ1) is 13.7. The van der Waals surface area contributed by atoms with E-state index in [1.807, 2.05) is 36.9 Å². The molecule has 0 aliphatic carbocycles. The van der Waals surface area contributed by atoms with Crippen LogP contribution in [0.4, 0.5) is 5.82 Å². The zero-order valence-corrected chi connectivity index (χ0v) is 12.4. The number of hydrogen-bond donors (Lipinski definition) is 1. The normalized spacial score (nSPS) is 10.5. The average molecular weight is 323 g/mol. The second-order valence-corrected chi connectivity index (χ2v) is 4.95. The van der Waals surface area contributed by atoms with Gasteiger partial charge in [-0.05, 0) is 41.9 Å². The van der Waals surface area contributed by atoms with E-state index in [2.05, 4.69) is 30.9 Å². The lowest BCUT2D eigenvalue weighted by molar-refractivity contribution is 0.782. The molecule has 100 valence electrons. The number of aryl methyl sites for hydroxylation is 1. The molecule has 0 aliphatic rings. The summed E-state index contributed by atoms with van der Waals surface area (Å²) in [6.45, 7) is 5.34. The van der Waals surface area contributed by atoms with Gasteiger partial charge in [0.05, 0.1) is 18.6 Å². The number of aromatic nitrogens is 3. The SMILES string of the molecule is CCN(Cc1cccc(C)n1)c1nc[nH]c(=O)c1Br. The molecule has 6 heteroatoms. The molecule has 2 rings (SSSR count). The van der Waals surface area contributed by atoms with E-state index in [0.29, 0.717) is 16.8 Å². The first-order valence-electron chi connectivity index (χ1n) is 6.02. The summed E-state index contributed by atoms with van der Waals surface area (Å²) in [6.07, 6.45) is 1.41. The van der Waals surface area contributed by atoms with Crippen LogP contribution in [0, 0.1) is 6.92 Å². The van der Waals surface area contributed by atoms with Gasteiger partial charge in [-0.15, -0.1) is 0 Å². The summed E-state index contributed by atoms with van der Waals surface area (Å²) in [4.78, 5) is 24.8. The van der Waals surface area contributed by atoms with E-state index in [0.717, 1.165) is 17.9 Å². The number of H-pyrrole nitrogens is 1. The van der Waals surface area contributed by atoms with Crippen molar-refractivity contribution in [2.75, 3.05) is 11.4 Å². The van der Waals surface area contributed by atoms with Gasteiger partial charge in [0, 0.05) is 12.2 Å².